The molecule has 2 aliphatic heterocycles. The fourth-order valence-electron chi connectivity index (χ4n) is 3.90. The van der Waals surface area contributed by atoms with Crippen LogP contribution in [0.3, 0.4) is 0 Å². The van der Waals surface area contributed by atoms with Gasteiger partial charge in [-0.05, 0) is 38.8 Å². The lowest BCUT2D eigenvalue weighted by atomic mass is 10.1. The van der Waals surface area contributed by atoms with E-state index in [1.165, 1.54) is 35.5 Å². The molecule has 0 bridgehead atoms. The van der Waals surface area contributed by atoms with Gasteiger partial charge in [-0.15, -0.1) is 0 Å². The van der Waals surface area contributed by atoms with Crippen LogP contribution in [0, 0.1) is 0 Å². The number of ether oxygens (including phenoxy) is 2. The van der Waals surface area contributed by atoms with E-state index in [1.807, 2.05) is 13.1 Å². The zero-order valence-corrected chi connectivity index (χ0v) is 15.2. The van der Waals surface area contributed by atoms with Crippen LogP contribution < -0.4 is 14.8 Å². The van der Waals surface area contributed by atoms with Crippen molar-refractivity contribution in [3.63, 3.8) is 0 Å². The molecule has 2 aliphatic rings. The Bertz CT molecular complexity index is 754. The number of aromatic nitrogens is 2. The van der Waals surface area contributed by atoms with Gasteiger partial charge >= 0.3 is 0 Å². The molecule has 1 aromatic carbocycles. The highest BCUT2D eigenvalue weighted by Gasteiger charge is 2.23. The van der Waals surface area contributed by atoms with Gasteiger partial charge in [0.05, 0.1) is 12.3 Å². The molecule has 0 fully saturated rings. The van der Waals surface area contributed by atoms with Gasteiger partial charge in [0.1, 0.15) is 23.4 Å². The number of hydrogen-bond acceptors (Lipinski definition) is 4. The number of rotatable bonds is 6. The molecule has 0 saturated heterocycles. The van der Waals surface area contributed by atoms with Crippen molar-refractivity contribution in [2.24, 2.45) is 0 Å². The lowest BCUT2D eigenvalue weighted by Gasteiger charge is -2.17. The highest BCUT2D eigenvalue weighted by atomic mass is 16.5. The zero-order chi connectivity index (χ0) is 17.2. The van der Waals surface area contributed by atoms with Gasteiger partial charge in [-0.2, -0.15) is 0 Å². The molecule has 0 amide bonds. The van der Waals surface area contributed by atoms with Crippen LogP contribution in [0.15, 0.2) is 18.3 Å². The van der Waals surface area contributed by atoms with Crippen LogP contribution in [0.2, 0.25) is 0 Å². The Morgan fingerprint density at radius 2 is 2.24 bits per heavy atom. The first kappa shape index (κ1) is 16.5. The molecule has 0 aliphatic carbocycles. The van der Waals surface area contributed by atoms with Crippen molar-refractivity contribution < 1.29 is 9.47 Å². The number of aryl methyl sites for hydroxylation is 1. The molecule has 2 aromatic rings. The van der Waals surface area contributed by atoms with E-state index in [9.17, 15) is 0 Å². The molecule has 1 unspecified atom stereocenters. The number of hydrogen-bond donors (Lipinski definition) is 1. The quantitative estimate of drug-likeness (QED) is 0.876. The lowest BCUT2D eigenvalue weighted by molar-refractivity contribution is 0.252. The Kier molecular flexibility index (Phi) is 4.66. The molecule has 5 nitrogen and oxygen atoms in total. The third-order valence-corrected chi connectivity index (χ3v) is 5.03. The van der Waals surface area contributed by atoms with Crippen LogP contribution in [0.5, 0.6) is 11.5 Å². The maximum atomic E-state index is 6.04. The third kappa shape index (κ3) is 3.38. The maximum absolute atomic E-state index is 6.04. The van der Waals surface area contributed by atoms with Gasteiger partial charge < -0.3 is 19.4 Å². The second kappa shape index (κ2) is 7.08. The van der Waals surface area contributed by atoms with Crippen LogP contribution in [0.4, 0.5) is 0 Å². The summed E-state index contributed by atoms with van der Waals surface area (Å²) in [4.78, 5) is 4.57. The van der Waals surface area contributed by atoms with Crippen molar-refractivity contribution in [1.29, 1.82) is 0 Å². The van der Waals surface area contributed by atoms with Crippen molar-refractivity contribution in [2.45, 2.75) is 65.3 Å². The summed E-state index contributed by atoms with van der Waals surface area (Å²) in [7, 11) is 0. The number of imidazole rings is 1. The molecule has 0 spiro atoms. The Morgan fingerprint density at radius 3 is 3.12 bits per heavy atom. The molecule has 4 rings (SSSR count). The minimum Gasteiger partial charge on any atom is -0.494 e. The highest BCUT2D eigenvalue weighted by Crippen LogP contribution is 2.36. The molecule has 5 heteroatoms. The minimum atomic E-state index is 0.243. The molecule has 1 atom stereocenters. The average molecular weight is 341 g/mol. The van der Waals surface area contributed by atoms with Crippen molar-refractivity contribution in [3.05, 3.63) is 41.0 Å². The van der Waals surface area contributed by atoms with E-state index in [-0.39, 0.29) is 6.10 Å². The van der Waals surface area contributed by atoms with Crippen molar-refractivity contribution in [3.8, 4) is 11.5 Å². The summed E-state index contributed by atoms with van der Waals surface area (Å²) >= 11 is 0. The Labute approximate surface area is 149 Å². The number of fused-ring (bicyclic) bond motifs is 2. The second-order valence-corrected chi connectivity index (χ2v) is 7.01. The highest BCUT2D eigenvalue weighted by molar-refractivity contribution is 5.49. The number of nitrogens with one attached hydrogen (secondary N) is 1. The molecule has 0 radical (unpaired) electrons. The SMILES string of the molecule is CCOc1cc(CNCc2cnc3n2CCCC3)c2c(c1)CC(C)O2. The van der Waals surface area contributed by atoms with Gasteiger partial charge in [0.2, 0.25) is 0 Å². The van der Waals surface area contributed by atoms with E-state index in [0.717, 1.165) is 44.0 Å². The lowest BCUT2D eigenvalue weighted by Crippen LogP contribution is -2.19. The normalized spacial score (nSPS) is 18.6. The van der Waals surface area contributed by atoms with E-state index in [0.29, 0.717) is 6.61 Å². The molecule has 1 N–H and O–H groups in total. The summed E-state index contributed by atoms with van der Waals surface area (Å²) in [5.41, 5.74) is 3.72. The summed E-state index contributed by atoms with van der Waals surface area (Å²) < 4.78 is 14.1. The molecule has 25 heavy (non-hydrogen) atoms. The molecular formula is C20H27N3O2. The summed E-state index contributed by atoms with van der Waals surface area (Å²) in [6.45, 7) is 7.53. The number of benzene rings is 1. The van der Waals surface area contributed by atoms with Gasteiger partial charge in [-0.3, -0.25) is 0 Å². The average Bonchev–Trinajstić information content (AvgIpc) is 3.18. The fourth-order valence-corrected chi connectivity index (χ4v) is 3.90. The smallest absolute Gasteiger partial charge is 0.127 e. The first-order chi connectivity index (χ1) is 12.2. The fraction of sp³-hybridized carbons (Fsp3) is 0.550. The maximum Gasteiger partial charge on any atom is 0.127 e. The van der Waals surface area contributed by atoms with Gasteiger partial charge in [0, 0.05) is 49.8 Å². The summed E-state index contributed by atoms with van der Waals surface area (Å²) in [6.07, 6.45) is 6.84. The summed E-state index contributed by atoms with van der Waals surface area (Å²) in [5.74, 6) is 3.22. The van der Waals surface area contributed by atoms with Crippen molar-refractivity contribution in [2.75, 3.05) is 6.61 Å². The first-order valence-electron chi connectivity index (χ1n) is 9.44. The molecular weight excluding hydrogens is 314 g/mol. The number of nitrogens with zero attached hydrogens (tertiary/aromatic N) is 2. The second-order valence-electron chi connectivity index (χ2n) is 7.01. The van der Waals surface area contributed by atoms with E-state index in [2.05, 4.69) is 33.9 Å². The van der Waals surface area contributed by atoms with Gasteiger partial charge in [0.15, 0.2) is 0 Å². The summed E-state index contributed by atoms with van der Waals surface area (Å²) in [5, 5.41) is 3.57. The van der Waals surface area contributed by atoms with Crippen molar-refractivity contribution in [1.82, 2.24) is 14.9 Å². The monoisotopic (exact) mass is 341 g/mol. The standard InChI is InChI=1S/C20H27N3O2/c1-3-24-18-9-15-8-14(2)25-20(15)16(10-18)11-21-12-17-13-22-19-6-4-5-7-23(17)19/h9-10,13-14,21H,3-8,11-12H2,1-2H3. The van der Waals surface area contributed by atoms with Gasteiger partial charge in [-0.1, -0.05) is 0 Å². The zero-order valence-electron chi connectivity index (χ0n) is 15.2. The van der Waals surface area contributed by atoms with Gasteiger partial charge in [0.25, 0.3) is 0 Å². The molecule has 3 heterocycles. The predicted octanol–water partition coefficient (Wildman–Crippen LogP) is 3.23. The molecule has 134 valence electrons. The van der Waals surface area contributed by atoms with Crippen molar-refractivity contribution >= 4 is 0 Å². The Morgan fingerprint density at radius 1 is 1.32 bits per heavy atom. The molecule has 1 aromatic heterocycles. The molecule has 0 saturated carbocycles. The van der Waals surface area contributed by atoms with Gasteiger partial charge in [-0.25, -0.2) is 4.98 Å². The van der Waals surface area contributed by atoms with Crippen LogP contribution in [0.1, 0.15) is 49.3 Å². The van der Waals surface area contributed by atoms with E-state index >= 15 is 0 Å². The minimum absolute atomic E-state index is 0.243. The van der Waals surface area contributed by atoms with Crippen LogP contribution >= 0.6 is 0 Å². The van der Waals surface area contributed by atoms with E-state index in [4.69, 9.17) is 9.47 Å². The topological polar surface area (TPSA) is 48.3 Å². The third-order valence-electron chi connectivity index (χ3n) is 5.03. The largest absolute Gasteiger partial charge is 0.494 e. The predicted molar refractivity (Wildman–Crippen MR) is 97.1 cm³/mol. The Hall–Kier alpha value is -2.01. The first-order valence-corrected chi connectivity index (χ1v) is 9.44. The van der Waals surface area contributed by atoms with Crippen LogP contribution in [0.25, 0.3) is 0 Å². The van der Waals surface area contributed by atoms with E-state index in [1.54, 1.807) is 0 Å². The van der Waals surface area contributed by atoms with Crippen LogP contribution in [-0.4, -0.2) is 22.3 Å². The van der Waals surface area contributed by atoms with E-state index < -0.39 is 0 Å². The summed E-state index contributed by atoms with van der Waals surface area (Å²) in [6, 6.07) is 4.23. The Balaban J connectivity index is 1.47. The van der Waals surface area contributed by atoms with Crippen LogP contribution in [-0.2, 0) is 32.5 Å².